The van der Waals surface area contributed by atoms with Crippen molar-refractivity contribution in [3.63, 3.8) is 0 Å². The van der Waals surface area contributed by atoms with Gasteiger partial charge in [0.05, 0.1) is 5.36 Å². The summed E-state index contributed by atoms with van der Waals surface area (Å²) in [4.78, 5) is 15.6. The van der Waals surface area contributed by atoms with Crippen LogP contribution in [-0.4, -0.2) is 23.9 Å². The Labute approximate surface area is 149 Å². The number of aliphatic carboxylic acids is 1. The van der Waals surface area contributed by atoms with Crippen LogP contribution in [0.15, 0.2) is 51.9 Å². The van der Waals surface area contributed by atoms with Gasteiger partial charge < -0.3 is 19.0 Å². The van der Waals surface area contributed by atoms with E-state index < -0.39 is 12.0 Å². The first kappa shape index (κ1) is 16.2. The first-order valence-corrected chi connectivity index (χ1v) is 8.22. The predicted molar refractivity (Wildman–Crippen MR) is 95.2 cm³/mol. The highest BCUT2D eigenvalue weighted by Crippen LogP contribution is 2.36. The molecule has 2 heterocycles. The van der Waals surface area contributed by atoms with Crippen LogP contribution >= 0.6 is 0 Å². The van der Waals surface area contributed by atoms with Gasteiger partial charge in [-0.2, -0.15) is 0 Å². The standard InChI is InChI=1S/C20H17NO5/c1-11-3-5-16-14(7-11)15(21-12(2)20(22)23)9-18(26-16)13-4-6-17-19(8-13)25-10-24-17/h3-9,12H,10H2,1-2H3,(H,22,23)/t12-/m0/s1. The second-order valence-corrected chi connectivity index (χ2v) is 6.21. The van der Waals surface area contributed by atoms with E-state index >= 15 is 0 Å². The molecule has 4 rings (SSSR count). The summed E-state index contributed by atoms with van der Waals surface area (Å²) < 4.78 is 16.8. The molecule has 0 radical (unpaired) electrons. The van der Waals surface area contributed by atoms with Crippen LogP contribution < -0.4 is 14.8 Å². The van der Waals surface area contributed by atoms with Crippen LogP contribution in [0.5, 0.6) is 11.5 Å². The van der Waals surface area contributed by atoms with E-state index in [-0.39, 0.29) is 6.79 Å². The van der Waals surface area contributed by atoms with E-state index in [4.69, 9.17) is 13.9 Å². The molecule has 1 aliphatic heterocycles. The zero-order valence-corrected chi connectivity index (χ0v) is 14.4. The van der Waals surface area contributed by atoms with Gasteiger partial charge in [-0.15, -0.1) is 0 Å². The maximum Gasteiger partial charge on any atom is 0.328 e. The van der Waals surface area contributed by atoms with E-state index in [2.05, 4.69) is 4.99 Å². The molecule has 0 unspecified atom stereocenters. The minimum atomic E-state index is -0.976. The van der Waals surface area contributed by atoms with Gasteiger partial charge in [-0.1, -0.05) is 11.6 Å². The molecule has 3 aromatic rings. The predicted octanol–water partition coefficient (Wildman–Crippen LogP) is 3.51. The molecule has 0 spiro atoms. The van der Waals surface area contributed by atoms with Gasteiger partial charge in [0.1, 0.15) is 17.4 Å². The Morgan fingerprint density at radius 1 is 1.12 bits per heavy atom. The fourth-order valence-corrected chi connectivity index (χ4v) is 2.85. The van der Waals surface area contributed by atoms with E-state index in [0.29, 0.717) is 28.2 Å². The monoisotopic (exact) mass is 351 g/mol. The fraction of sp³-hybridized carbons (Fsp3) is 0.200. The Kier molecular flexibility index (Phi) is 3.88. The summed E-state index contributed by atoms with van der Waals surface area (Å²) in [6.07, 6.45) is 0. The van der Waals surface area contributed by atoms with Crippen LogP contribution in [-0.2, 0) is 4.79 Å². The lowest BCUT2D eigenvalue weighted by molar-refractivity contribution is -0.138. The first-order valence-electron chi connectivity index (χ1n) is 8.22. The molecule has 26 heavy (non-hydrogen) atoms. The van der Waals surface area contributed by atoms with Gasteiger partial charge >= 0.3 is 5.97 Å². The molecular weight excluding hydrogens is 334 g/mol. The van der Waals surface area contributed by atoms with Crippen molar-refractivity contribution in [2.45, 2.75) is 19.9 Å². The lowest BCUT2D eigenvalue weighted by atomic mass is 10.1. The van der Waals surface area contributed by atoms with Gasteiger partial charge in [-0.05, 0) is 44.2 Å². The van der Waals surface area contributed by atoms with E-state index in [1.165, 1.54) is 0 Å². The van der Waals surface area contributed by atoms with Crippen molar-refractivity contribution >= 4 is 16.9 Å². The molecule has 0 saturated heterocycles. The Balaban J connectivity index is 1.94. The number of ether oxygens (including phenoxy) is 2. The molecule has 0 bridgehead atoms. The number of carboxylic acid groups (broad SMARTS) is 1. The zero-order chi connectivity index (χ0) is 18.3. The molecule has 132 valence electrons. The lowest BCUT2D eigenvalue weighted by Gasteiger charge is -2.07. The van der Waals surface area contributed by atoms with Crippen molar-refractivity contribution < 1.29 is 23.8 Å². The van der Waals surface area contributed by atoms with Gasteiger partial charge in [0.15, 0.2) is 11.5 Å². The number of hydrogen-bond donors (Lipinski definition) is 1. The minimum Gasteiger partial charge on any atom is -0.480 e. The Bertz CT molecular complexity index is 1080. The highest BCUT2D eigenvalue weighted by atomic mass is 16.7. The summed E-state index contributed by atoms with van der Waals surface area (Å²) in [5, 5.41) is 10.6. The quantitative estimate of drug-likeness (QED) is 0.781. The third-order valence-corrected chi connectivity index (χ3v) is 4.25. The molecule has 2 aromatic carbocycles. The molecule has 6 nitrogen and oxygen atoms in total. The van der Waals surface area contributed by atoms with Gasteiger partial charge in [0.25, 0.3) is 0 Å². The normalized spacial score (nSPS) is 14.6. The van der Waals surface area contributed by atoms with Crippen LogP contribution in [0.4, 0.5) is 0 Å². The highest BCUT2D eigenvalue weighted by molar-refractivity contribution is 5.80. The Hall–Kier alpha value is -3.28. The second kappa shape index (κ2) is 6.22. The average Bonchev–Trinajstić information content (AvgIpc) is 3.09. The number of carbonyl (C=O) groups is 1. The second-order valence-electron chi connectivity index (χ2n) is 6.21. The van der Waals surface area contributed by atoms with Crippen LogP contribution in [0.1, 0.15) is 12.5 Å². The zero-order valence-electron chi connectivity index (χ0n) is 14.4. The topological polar surface area (TPSA) is 81.3 Å². The van der Waals surface area contributed by atoms with Gasteiger partial charge in [0.2, 0.25) is 6.79 Å². The first-order chi connectivity index (χ1) is 12.5. The number of fused-ring (bicyclic) bond motifs is 2. The molecule has 6 heteroatoms. The van der Waals surface area contributed by atoms with Crippen molar-refractivity contribution in [1.29, 1.82) is 0 Å². The number of rotatable bonds is 3. The van der Waals surface area contributed by atoms with Crippen molar-refractivity contribution in [2.24, 2.45) is 4.99 Å². The van der Waals surface area contributed by atoms with Crippen molar-refractivity contribution in [3.05, 3.63) is 53.4 Å². The van der Waals surface area contributed by atoms with Crippen molar-refractivity contribution in [2.75, 3.05) is 6.79 Å². The summed E-state index contributed by atoms with van der Waals surface area (Å²) in [5.41, 5.74) is 2.49. The van der Waals surface area contributed by atoms with Crippen LogP contribution in [0.2, 0.25) is 0 Å². The van der Waals surface area contributed by atoms with Gasteiger partial charge in [0, 0.05) is 17.0 Å². The molecular formula is C20H17NO5. The number of aryl methyl sites for hydroxylation is 1. The molecule has 1 aliphatic rings. The van der Waals surface area contributed by atoms with Crippen LogP contribution in [0, 0.1) is 6.92 Å². The highest BCUT2D eigenvalue weighted by Gasteiger charge is 2.16. The van der Waals surface area contributed by atoms with E-state index in [1.807, 2.05) is 43.3 Å². The summed E-state index contributed by atoms with van der Waals surface area (Å²) in [7, 11) is 0. The van der Waals surface area contributed by atoms with Crippen LogP contribution in [0.3, 0.4) is 0 Å². The third-order valence-electron chi connectivity index (χ3n) is 4.25. The van der Waals surface area contributed by atoms with E-state index in [1.54, 1.807) is 13.0 Å². The largest absolute Gasteiger partial charge is 0.480 e. The maximum absolute atomic E-state index is 11.2. The number of hydrogen-bond acceptors (Lipinski definition) is 5. The van der Waals surface area contributed by atoms with Crippen molar-refractivity contribution in [1.82, 2.24) is 0 Å². The smallest absolute Gasteiger partial charge is 0.328 e. The Morgan fingerprint density at radius 2 is 1.92 bits per heavy atom. The minimum absolute atomic E-state index is 0.198. The summed E-state index contributed by atoms with van der Waals surface area (Å²) in [6.45, 7) is 3.72. The summed E-state index contributed by atoms with van der Waals surface area (Å²) in [5.74, 6) is 0.945. The molecule has 1 N–H and O–H groups in total. The lowest BCUT2D eigenvalue weighted by Crippen LogP contribution is -2.18. The molecule has 0 amide bonds. The molecule has 0 saturated carbocycles. The molecule has 0 aliphatic carbocycles. The van der Waals surface area contributed by atoms with E-state index in [0.717, 1.165) is 16.5 Å². The third kappa shape index (κ3) is 2.90. The van der Waals surface area contributed by atoms with Crippen LogP contribution in [0.25, 0.3) is 22.3 Å². The molecule has 1 aromatic heterocycles. The van der Waals surface area contributed by atoms with Gasteiger partial charge in [-0.3, -0.25) is 4.99 Å². The SMILES string of the molecule is Cc1ccc2oc(-c3ccc4c(c3)OCO4)cc(=N[C@@H](C)C(=O)O)c2c1. The number of nitrogens with zero attached hydrogens (tertiary/aromatic N) is 1. The maximum atomic E-state index is 11.2. The van der Waals surface area contributed by atoms with Crippen molar-refractivity contribution in [3.8, 4) is 22.8 Å². The average molecular weight is 351 g/mol. The molecule has 1 atom stereocenters. The summed E-state index contributed by atoms with van der Waals surface area (Å²) >= 11 is 0. The fourth-order valence-electron chi connectivity index (χ4n) is 2.85. The Morgan fingerprint density at radius 3 is 2.73 bits per heavy atom. The summed E-state index contributed by atoms with van der Waals surface area (Å²) in [6, 6.07) is 12.2. The van der Waals surface area contributed by atoms with E-state index in [9.17, 15) is 9.90 Å². The molecule has 0 fully saturated rings. The van der Waals surface area contributed by atoms with Gasteiger partial charge in [-0.25, -0.2) is 4.79 Å². The number of benzene rings is 2. The number of carboxylic acids is 1.